The first kappa shape index (κ1) is 16.2. The average Bonchev–Trinajstić information content (AvgIpc) is 2.27. The Morgan fingerprint density at radius 1 is 1.26 bits per heavy atom. The van der Waals surface area contributed by atoms with Gasteiger partial charge in [0.25, 0.3) is 0 Å². The molecule has 0 saturated heterocycles. The van der Waals surface area contributed by atoms with Crippen molar-refractivity contribution in [2.24, 2.45) is 0 Å². The van der Waals surface area contributed by atoms with Gasteiger partial charge in [0, 0.05) is 16.1 Å². The highest BCUT2D eigenvalue weighted by Gasteiger charge is 2.32. The SMILES string of the molecule is CC(C)N(CC(=O)c1ccc(Br)cc1)CC(F)(F)F. The fraction of sp³-hybridized carbons (Fsp3) is 0.462. The molecule has 0 N–H and O–H groups in total. The highest BCUT2D eigenvalue weighted by atomic mass is 79.9. The fourth-order valence-electron chi connectivity index (χ4n) is 1.56. The van der Waals surface area contributed by atoms with E-state index in [1.165, 1.54) is 0 Å². The summed E-state index contributed by atoms with van der Waals surface area (Å²) in [4.78, 5) is 13.0. The Kier molecular flexibility index (Phi) is 5.55. The van der Waals surface area contributed by atoms with Gasteiger partial charge in [0.05, 0.1) is 13.1 Å². The predicted octanol–water partition coefficient (Wildman–Crippen LogP) is 3.90. The van der Waals surface area contributed by atoms with Crippen LogP contribution in [0.5, 0.6) is 0 Å². The Hall–Kier alpha value is -0.880. The molecule has 0 fully saturated rings. The number of rotatable bonds is 5. The minimum absolute atomic E-state index is 0.237. The minimum Gasteiger partial charge on any atom is -0.293 e. The van der Waals surface area contributed by atoms with Gasteiger partial charge in [0.1, 0.15) is 0 Å². The molecule has 0 aliphatic rings. The van der Waals surface area contributed by atoms with Gasteiger partial charge >= 0.3 is 6.18 Å². The summed E-state index contributed by atoms with van der Waals surface area (Å²) in [5, 5.41) is 0. The zero-order valence-corrected chi connectivity index (χ0v) is 12.3. The van der Waals surface area contributed by atoms with Gasteiger partial charge in [-0.05, 0) is 26.0 Å². The number of halogens is 4. The summed E-state index contributed by atoms with van der Waals surface area (Å²) in [6.07, 6.45) is -4.30. The summed E-state index contributed by atoms with van der Waals surface area (Å²) in [5.41, 5.74) is 0.413. The number of hydrogen-bond acceptors (Lipinski definition) is 2. The van der Waals surface area contributed by atoms with E-state index in [2.05, 4.69) is 15.9 Å². The molecule has 0 aliphatic carbocycles. The van der Waals surface area contributed by atoms with Crippen molar-refractivity contribution in [1.82, 2.24) is 4.90 Å². The lowest BCUT2D eigenvalue weighted by Gasteiger charge is -2.26. The van der Waals surface area contributed by atoms with Crippen molar-refractivity contribution >= 4 is 21.7 Å². The highest BCUT2D eigenvalue weighted by Crippen LogP contribution is 2.19. The van der Waals surface area contributed by atoms with E-state index < -0.39 is 12.7 Å². The van der Waals surface area contributed by atoms with Crippen LogP contribution < -0.4 is 0 Å². The number of carbonyl (C=O) groups is 1. The van der Waals surface area contributed by atoms with Gasteiger partial charge in [-0.15, -0.1) is 0 Å². The lowest BCUT2D eigenvalue weighted by molar-refractivity contribution is -0.148. The normalized spacial score (nSPS) is 12.2. The molecule has 6 heteroatoms. The van der Waals surface area contributed by atoms with E-state index in [9.17, 15) is 18.0 Å². The summed E-state index contributed by atoms with van der Waals surface area (Å²) < 4.78 is 38.1. The van der Waals surface area contributed by atoms with Crippen molar-refractivity contribution in [3.63, 3.8) is 0 Å². The zero-order valence-electron chi connectivity index (χ0n) is 10.7. The van der Waals surface area contributed by atoms with Crippen molar-refractivity contribution in [2.75, 3.05) is 13.1 Å². The van der Waals surface area contributed by atoms with E-state index in [0.29, 0.717) is 5.56 Å². The largest absolute Gasteiger partial charge is 0.401 e. The predicted molar refractivity (Wildman–Crippen MR) is 71.2 cm³/mol. The number of Topliss-reactive ketones (excluding diaryl/α,β-unsaturated/α-hetero) is 1. The number of nitrogens with zero attached hydrogens (tertiary/aromatic N) is 1. The molecule has 1 rings (SSSR count). The Balaban J connectivity index is 2.74. The molecule has 0 heterocycles. The monoisotopic (exact) mass is 337 g/mol. The molecular formula is C13H15BrF3NO. The summed E-state index contributed by atoms with van der Waals surface area (Å²) in [6, 6.07) is 6.23. The Morgan fingerprint density at radius 3 is 2.21 bits per heavy atom. The van der Waals surface area contributed by atoms with Gasteiger partial charge in [0.2, 0.25) is 0 Å². The first-order valence-corrected chi connectivity index (χ1v) is 6.58. The van der Waals surface area contributed by atoms with E-state index in [1.807, 2.05) is 0 Å². The smallest absolute Gasteiger partial charge is 0.293 e. The molecule has 106 valence electrons. The van der Waals surface area contributed by atoms with Crippen LogP contribution in [0.1, 0.15) is 24.2 Å². The summed E-state index contributed by atoms with van der Waals surface area (Å²) in [7, 11) is 0. The van der Waals surface area contributed by atoms with E-state index >= 15 is 0 Å². The van der Waals surface area contributed by atoms with Crippen LogP contribution in [-0.4, -0.2) is 36.0 Å². The Bertz CT molecular complexity index is 429. The summed E-state index contributed by atoms with van der Waals surface area (Å²) in [5.74, 6) is -0.314. The standard InChI is InChI=1S/C13H15BrF3NO/c1-9(2)18(8-13(15,16)17)7-12(19)10-3-5-11(14)6-4-10/h3-6,9H,7-8H2,1-2H3. The number of carbonyl (C=O) groups excluding carboxylic acids is 1. The average molecular weight is 338 g/mol. The molecule has 19 heavy (non-hydrogen) atoms. The molecule has 0 aliphatic heterocycles. The lowest BCUT2D eigenvalue weighted by Crippen LogP contribution is -2.42. The number of hydrogen-bond donors (Lipinski definition) is 0. The molecular weight excluding hydrogens is 323 g/mol. The highest BCUT2D eigenvalue weighted by molar-refractivity contribution is 9.10. The summed E-state index contributed by atoms with van der Waals surface area (Å²) in [6.45, 7) is 1.97. The Morgan fingerprint density at radius 2 is 1.79 bits per heavy atom. The first-order chi connectivity index (χ1) is 8.69. The van der Waals surface area contributed by atoms with Gasteiger partial charge in [-0.2, -0.15) is 13.2 Å². The van der Waals surface area contributed by atoms with Crippen molar-refractivity contribution in [2.45, 2.75) is 26.1 Å². The van der Waals surface area contributed by atoms with Gasteiger partial charge in [-0.25, -0.2) is 0 Å². The maximum absolute atomic E-state index is 12.4. The molecule has 0 bridgehead atoms. The molecule has 0 radical (unpaired) electrons. The lowest BCUT2D eigenvalue weighted by atomic mass is 10.1. The molecule has 1 aromatic rings. The summed E-state index contributed by atoms with van der Waals surface area (Å²) >= 11 is 3.24. The van der Waals surface area contributed by atoms with Crippen LogP contribution in [0.25, 0.3) is 0 Å². The third kappa shape index (κ3) is 5.74. The third-order valence-corrected chi connectivity index (χ3v) is 3.15. The van der Waals surface area contributed by atoms with Crippen molar-refractivity contribution < 1.29 is 18.0 Å². The second-order valence-corrected chi connectivity index (χ2v) is 5.46. The molecule has 1 aromatic carbocycles. The molecule has 0 atom stereocenters. The minimum atomic E-state index is -4.30. The van der Waals surface area contributed by atoms with E-state index in [1.54, 1.807) is 38.1 Å². The topological polar surface area (TPSA) is 20.3 Å². The molecule has 2 nitrogen and oxygen atoms in total. The van der Waals surface area contributed by atoms with Crippen LogP contribution in [-0.2, 0) is 0 Å². The van der Waals surface area contributed by atoms with E-state index in [0.717, 1.165) is 9.37 Å². The first-order valence-electron chi connectivity index (χ1n) is 5.78. The van der Waals surface area contributed by atoms with Crippen molar-refractivity contribution in [3.05, 3.63) is 34.3 Å². The van der Waals surface area contributed by atoms with Gasteiger partial charge in [-0.1, -0.05) is 28.1 Å². The number of benzene rings is 1. The fourth-order valence-corrected chi connectivity index (χ4v) is 1.83. The van der Waals surface area contributed by atoms with Crippen molar-refractivity contribution in [1.29, 1.82) is 0 Å². The van der Waals surface area contributed by atoms with Crippen LogP contribution in [0.15, 0.2) is 28.7 Å². The second-order valence-electron chi connectivity index (χ2n) is 4.54. The van der Waals surface area contributed by atoms with Crippen LogP contribution in [0, 0.1) is 0 Å². The molecule has 0 aromatic heterocycles. The Labute approximate surface area is 118 Å². The maximum Gasteiger partial charge on any atom is 0.401 e. The van der Waals surface area contributed by atoms with Crippen molar-refractivity contribution in [3.8, 4) is 0 Å². The zero-order chi connectivity index (χ0) is 14.6. The second kappa shape index (κ2) is 6.52. The third-order valence-electron chi connectivity index (χ3n) is 2.63. The molecule has 0 amide bonds. The van der Waals surface area contributed by atoms with E-state index in [4.69, 9.17) is 0 Å². The molecule has 0 spiro atoms. The van der Waals surface area contributed by atoms with Gasteiger partial charge < -0.3 is 0 Å². The quantitative estimate of drug-likeness (QED) is 0.759. The van der Waals surface area contributed by atoms with Gasteiger partial charge in [-0.3, -0.25) is 9.69 Å². The molecule has 0 saturated carbocycles. The number of alkyl halides is 3. The molecule has 0 unspecified atom stereocenters. The van der Waals surface area contributed by atoms with Crippen LogP contribution >= 0.6 is 15.9 Å². The van der Waals surface area contributed by atoms with E-state index in [-0.39, 0.29) is 18.4 Å². The van der Waals surface area contributed by atoms with Crippen LogP contribution in [0.4, 0.5) is 13.2 Å². The maximum atomic E-state index is 12.4. The van der Waals surface area contributed by atoms with Gasteiger partial charge in [0.15, 0.2) is 5.78 Å². The number of ketones is 1. The van der Waals surface area contributed by atoms with Crippen LogP contribution in [0.3, 0.4) is 0 Å². The van der Waals surface area contributed by atoms with Crippen LogP contribution in [0.2, 0.25) is 0 Å².